The molecule has 0 heterocycles. The van der Waals surface area contributed by atoms with Gasteiger partial charge in [-0.3, -0.25) is 4.90 Å². The van der Waals surface area contributed by atoms with Gasteiger partial charge in [0.05, 0.1) is 0 Å². The standard InChI is InChI=1S/C17H21NO/c1-14(12-16-10-6-7-11-17(16)19)18(2)13-15-8-4-3-5-9-15/h3-11,14,19H,12-13H2,1-2H3. The molecule has 0 amide bonds. The zero-order valence-electron chi connectivity index (χ0n) is 11.6. The molecule has 0 radical (unpaired) electrons. The second kappa shape index (κ2) is 6.39. The van der Waals surface area contributed by atoms with Crippen LogP contribution in [0.3, 0.4) is 0 Å². The summed E-state index contributed by atoms with van der Waals surface area (Å²) in [7, 11) is 2.12. The first-order valence-corrected chi connectivity index (χ1v) is 6.68. The van der Waals surface area contributed by atoms with Crippen LogP contribution in [0, 0.1) is 0 Å². The molecule has 0 saturated heterocycles. The van der Waals surface area contributed by atoms with Crippen LogP contribution in [-0.2, 0) is 13.0 Å². The van der Waals surface area contributed by atoms with Crippen molar-refractivity contribution in [3.8, 4) is 5.75 Å². The van der Waals surface area contributed by atoms with Crippen molar-refractivity contribution in [3.05, 3.63) is 65.7 Å². The van der Waals surface area contributed by atoms with Crippen LogP contribution in [-0.4, -0.2) is 23.1 Å². The lowest BCUT2D eigenvalue weighted by atomic mass is 10.0. The Hall–Kier alpha value is -1.80. The third kappa shape index (κ3) is 3.83. The predicted octanol–water partition coefficient (Wildman–Crippen LogP) is 3.46. The first-order chi connectivity index (χ1) is 9.16. The van der Waals surface area contributed by atoms with Crippen LogP contribution in [0.5, 0.6) is 5.75 Å². The summed E-state index contributed by atoms with van der Waals surface area (Å²) in [6, 6.07) is 18.4. The van der Waals surface area contributed by atoms with Crippen molar-refractivity contribution in [2.24, 2.45) is 0 Å². The Bertz CT molecular complexity index is 510. The first-order valence-electron chi connectivity index (χ1n) is 6.68. The maximum Gasteiger partial charge on any atom is 0.118 e. The summed E-state index contributed by atoms with van der Waals surface area (Å²) in [5.41, 5.74) is 2.32. The highest BCUT2D eigenvalue weighted by atomic mass is 16.3. The number of aromatic hydroxyl groups is 1. The van der Waals surface area contributed by atoms with Crippen LogP contribution in [0.1, 0.15) is 18.1 Å². The summed E-state index contributed by atoms with van der Waals surface area (Å²) in [6.45, 7) is 3.12. The Kier molecular flexibility index (Phi) is 4.58. The minimum Gasteiger partial charge on any atom is -0.508 e. The Labute approximate surface area is 115 Å². The van der Waals surface area contributed by atoms with Gasteiger partial charge in [0, 0.05) is 12.6 Å². The van der Waals surface area contributed by atoms with Gasteiger partial charge >= 0.3 is 0 Å². The number of rotatable bonds is 5. The van der Waals surface area contributed by atoms with Gasteiger partial charge in [0.15, 0.2) is 0 Å². The fourth-order valence-electron chi connectivity index (χ4n) is 2.18. The van der Waals surface area contributed by atoms with E-state index in [4.69, 9.17) is 0 Å². The molecule has 0 aliphatic rings. The lowest BCUT2D eigenvalue weighted by Gasteiger charge is -2.25. The van der Waals surface area contributed by atoms with Gasteiger partial charge in [-0.2, -0.15) is 0 Å². The molecule has 19 heavy (non-hydrogen) atoms. The number of likely N-dealkylation sites (N-methyl/N-ethyl adjacent to an activating group) is 1. The number of hydrogen-bond donors (Lipinski definition) is 1. The second-order valence-electron chi connectivity index (χ2n) is 5.08. The van der Waals surface area contributed by atoms with Gasteiger partial charge in [-0.05, 0) is 37.6 Å². The molecule has 0 bridgehead atoms. The highest BCUT2D eigenvalue weighted by molar-refractivity contribution is 5.32. The molecule has 1 unspecified atom stereocenters. The van der Waals surface area contributed by atoms with Crippen molar-refractivity contribution in [2.45, 2.75) is 25.9 Å². The smallest absolute Gasteiger partial charge is 0.118 e. The normalized spacial score (nSPS) is 12.6. The fraction of sp³-hybridized carbons (Fsp3) is 0.294. The Morgan fingerprint density at radius 1 is 1.00 bits per heavy atom. The topological polar surface area (TPSA) is 23.5 Å². The molecule has 2 aromatic rings. The highest BCUT2D eigenvalue weighted by Gasteiger charge is 2.12. The van der Waals surface area contributed by atoms with Gasteiger partial charge in [0.25, 0.3) is 0 Å². The van der Waals surface area contributed by atoms with Gasteiger partial charge in [0.1, 0.15) is 5.75 Å². The summed E-state index contributed by atoms with van der Waals surface area (Å²) < 4.78 is 0. The molecular formula is C17H21NO. The molecule has 2 rings (SSSR count). The van der Waals surface area contributed by atoms with Gasteiger partial charge in [-0.15, -0.1) is 0 Å². The van der Waals surface area contributed by atoms with Crippen LogP contribution in [0.4, 0.5) is 0 Å². The summed E-state index contributed by atoms with van der Waals surface area (Å²) in [5.74, 6) is 0.391. The average Bonchev–Trinajstić information content (AvgIpc) is 2.42. The molecule has 0 aliphatic carbocycles. The van der Waals surface area contributed by atoms with Crippen LogP contribution >= 0.6 is 0 Å². The zero-order valence-corrected chi connectivity index (χ0v) is 11.6. The molecule has 0 fully saturated rings. The minimum absolute atomic E-state index is 0.383. The molecule has 2 aromatic carbocycles. The molecule has 100 valence electrons. The van der Waals surface area contributed by atoms with Crippen LogP contribution in [0.2, 0.25) is 0 Å². The van der Waals surface area contributed by atoms with Gasteiger partial charge in [0.2, 0.25) is 0 Å². The van der Waals surface area contributed by atoms with E-state index in [1.54, 1.807) is 6.07 Å². The average molecular weight is 255 g/mol. The van der Waals surface area contributed by atoms with E-state index in [1.165, 1.54) is 5.56 Å². The molecule has 1 atom stereocenters. The number of benzene rings is 2. The molecule has 2 heteroatoms. The fourth-order valence-corrected chi connectivity index (χ4v) is 2.18. The van der Waals surface area contributed by atoms with Gasteiger partial charge in [-0.25, -0.2) is 0 Å². The third-order valence-corrected chi connectivity index (χ3v) is 3.53. The molecule has 0 aliphatic heterocycles. The summed E-state index contributed by atoms with van der Waals surface area (Å²) in [5, 5.41) is 9.81. The van der Waals surface area contributed by atoms with E-state index >= 15 is 0 Å². The number of para-hydroxylation sites is 1. The molecule has 0 aromatic heterocycles. The van der Waals surface area contributed by atoms with Gasteiger partial charge in [-0.1, -0.05) is 48.5 Å². The maximum absolute atomic E-state index is 9.81. The lowest BCUT2D eigenvalue weighted by molar-refractivity contribution is 0.246. The van der Waals surface area contributed by atoms with E-state index in [9.17, 15) is 5.11 Å². The zero-order chi connectivity index (χ0) is 13.7. The Morgan fingerprint density at radius 2 is 1.63 bits per heavy atom. The van der Waals surface area contributed by atoms with Crippen molar-refractivity contribution >= 4 is 0 Å². The number of nitrogens with zero attached hydrogens (tertiary/aromatic N) is 1. The van der Waals surface area contributed by atoms with E-state index in [2.05, 4.69) is 43.1 Å². The van der Waals surface area contributed by atoms with Gasteiger partial charge < -0.3 is 5.11 Å². The minimum atomic E-state index is 0.383. The van der Waals surface area contributed by atoms with Crippen LogP contribution < -0.4 is 0 Å². The van der Waals surface area contributed by atoms with Crippen LogP contribution in [0.25, 0.3) is 0 Å². The molecule has 0 saturated carbocycles. The Morgan fingerprint density at radius 3 is 2.32 bits per heavy atom. The number of phenolic OH excluding ortho intramolecular Hbond substituents is 1. The quantitative estimate of drug-likeness (QED) is 0.884. The lowest BCUT2D eigenvalue weighted by Crippen LogP contribution is -2.30. The van der Waals surface area contributed by atoms with E-state index in [0.717, 1.165) is 18.5 Å². The predicted molar refractivity (Wildman–Crippen MR) is 79.2 cm³/mol. The van der Waals surface area contributed by atoms with Crippen molar-refractivity contribution in [2.75, 3.05) is 7.05 Å². The summed E-state index contributed by atoms with van der Waals surface area (Å²) >= 11 is 0. The van der Waals surface area contributed by atoms with Crippen molar-refractivity contribution in [1.82, 2.24) is 4.90 Å². The maximum atomic E-state index is 9.81. The highest BCUT2D eigenvalue weighted by Crippen LogP contribution is 2.19. The van der Waals surface area contributed by atoms with Crippen molar-refractivity contribution < 1.29 is 5.11 Å². The van der Waals surface area contributed by atoms with Crippen LogP contribution in [0.15, 0.2) is 54.6 Å². The molecule has 2 nitrogen and oxygen atoms in total. The molecule has 0 spiro atoms. The van der Waals surface area contributed by atoms with E-state index < -0.39 is 0 Å². The van der Waals surface area contributed by atoms with E-state index in [0.29, 0.717) is 11.8 Å². The van der Waals surface area contributed by atoms with Crippen molar-refractivity contribution in [3.63, 3.8) is 0 Å². The monoisotopic (exact) mass is 255 g/mol. The SMILES string of the molecule is CC(Cc1ccccc1O)N(C)Cc1ccccc1. The molecule has 1 N–H and O–H groups in total. The number of hydrogen-bond acceptors (Lipinski definition) is 2. The van der Waals surface area contributed by atoms with E-state index in [1.807, 2.05) is 24.3 Å². The first kappa shape index (κ1) is 13.6. The van der Waals surface area contributed by atoms with Crippen molar-refractivity contribution in [1.29, 1.82) is 0 Å². The summed E-state index contributed by atoms with van der Waals surface area (Å²) in [4.78, 5) is 2.31. The largest absolute Gasteiger partial charge is 0.508 e. The Balaban J connectivity index is 1.96. The second-order valence-corrected chi connectivity index (χ2v) is 5.08. The molecular weight excluding hydrogens is 234 g/mol. The summed E-state index contributed by atoms with van der Waals surface area (Å²) in [6.07, 6.45) is 0.857. The van der Waals surface area contributed by atoms with E-state index in [-0.39, 0.29) is 0 Å². The number of phenols is 1. The third-order valence-electron chi connectivity index (χ3n) is 3.53.